The van der Waals surface area contributed by atoms with Crippen molar-refractivity contribution in [2.75, 3.05) is 11.6 Å². The lowest BCUT2D eigenvalue weighted by atomic mass is 9.84. The number of pyridine rings is 1. The van der Waals surface area contributed by atoms with Gasteiger partial charge in [0.1, 0.15) is 0 Å². The van der Waals surface area contributed by atoms with Crippen molar-refractivity contribution in [2.45, 2.75) is 98.7 Å². The van der Waals surface area contributed by atoms with Gasteiger partial charge in [-0.1, -0.05) is 53.2 Å². The molecule has 0 aliphatic heterocycles. The maximum Gasteiger partial charge on any atom is 0.227 e. The molecule has 44 heavy (non-hydrogen) atoms. The summed E-state index contributed by atoms with van der Waals surface area (Å²) in [5, 5.41) is 7.13. The maximum atomic E-state index is 12.9. The molecule has 0 aliphatic carbocycles. The molecule has 2 aromatic heterocycles. The van der Waals surface area contributed by atoms with E-state index in [1.165, 1.54) is 5.56 Å². The molecule has 10 heteroatoms. The van der Waals surface area contributed by atoms with Crippen molar-refractivity contribution in [3.05, 3.63) is 76.9 Å². The van der Waals surface area contributed by atoms with Gasteiger partial charge in [-0.3, -0.25) is 9.78 Å². The number of carbonyl (C=O) groups is 1. The van der Waals surface area contributed by atoms with Gasteiger partial charge in [-0.05, 0) is 79.3 Å². The summed E-state index contributed by atoms with van der Waals surface area (Å²) in [5.41, 5.74) is 5.53. The number of carbonyl (C=O) groups excluding carboxylic acids is 1. The number of hydrogen-bond donors (Lipinski definition) is 3. The molecule has 2 heterocycles. The zero-order chi connectivity index (χ0) is 32.1. The standard InChI is InChI=1S/C34H50N6O3S/c1-7-10-30(36-23-32-27(9-3)21-37-34(40-32)39-29-14-12-26(8-2)13-15-29)19-25(5)24(4)11-16-33(41)28-17-18-35-31(20-28)22-38-44(6,42)43/h12-15,17-18,20-21,24-25,30,36,38H,7-11,16,19,22-23H2,1-6H3,(H,37,39,40)/t24?,25-,30+/m1/s1. The second kappa shape index (κ2) is 17.3. The number of benzene rings is 1. The van der Waals surface area contributed by atoms with Crippen molar-refractivity contribution in [2.24, 2.45) is 11.8 Å². The van der Waals surface area contributed by atoms with E-state index in [0.29, 0.717) is 48.0 Å². The van der Waals surface area contributed by atoms with Crippen LogP contribution in [0.2, 0.25) is 0 Å². The molecule has 0 saturated heterocycles. The third kappa shape index (κ3) is 11.7. The van der Waals surface area contributed by atoms with Crippen LogP contribution >= 0.6 is 0 Å². The summed E-state index contributed by atoms with van der Waals surface area (Å²) in [4.78, 5) is 26.6. The number of nitrogens with one attached hydrogen (secondary N) is 3. The number of aromatic nitrogens is 3. The summed E-state index contributed by atoms with van der Waals surface area (Å²) in [7, 11) is -3.33. The molecule has 3 rings (SSSR count). The highest BCUT2D eigenvalue weighted by molar-refractivity contribution is 7.88. The molecular formula is C34H50N6O3S. The number of nitrogens with zero attached hydrogens (tertiary/aromatic N) is 3. The Morgan fingerprint density at radius 3 is 2.34 bits per heavy atom. The van der Waals surface area contributed by atoms with E-state index in [1.807, 2.05) is 6.20 Å². The molecule has 1 aromatic carbocycles. The van der Waals surface area contributed by atoms with E-state index in [9.17, 15) is 13.2 Å². The second-order valence-electron chi connectivity index (χ2n) is 11.8. The highest BCUT2D eigenvalue weighted by atomic mass is 32.2. The Hall–Kier alpha value is -3.21. The van der Waals surface area contributed by atoms with Gasteiger partial charge >= 0.3 is 0 Å². The molecule has 0 bridgehead atoms. The summed E-state index contributed by atoms with van der Waals surface area (Å²) >= 11 is 0. The van der Waals surface area contributed by atoms with E-state index in [2.05, 4.69) is 84.2 Å². The number of aryl methyl sites for hydroxylation is 2. The minimum atomic E-state index is -3.33. The number of rotatable bonds is 19. The van der Waals surface area contributed by atoms with Gasteiger partial charge < -0.3 is 10.6 Å². The molecule has 0 amide bonds. The summed E-state index contributed by atoms with van der Waals surface area (Å²) < 4.78 is 25.2. The summed E-state index contributed by atoms with van der Waals surface area (Å²) in [6.45, 7) is 11.7. The Morgan fingerprint density at radius 2 is 1.68 bits per heavy atom. The molecule has 0 saturated carbocycles. The van der Waals surface area contributed by atoms with E-state index in [1.54, 1.807) is 18.3 Å². The average molecular weight is 623 g/mol. The first-order valence-corrected chi connectivity index (χ1v) is 17.8. The van der Waals surface area contributed by atoms with E-state index >= 15 is 0 Å². The van der Waals surface area contributed by atoms with Crippen molar-refractivity contribution in [1.29, 1.82) is 0 Å². The van der Waals surface area contributed by atoms with Crippen LogP contribution in [-0.2, 0) is 36.0 Å². The van der Waals surface area contributed by atoms with Crippen molar-refractivity contribution < 1.29 is 13.2 Å². The van der Waals surface area contributed by atoms with Gasteiger partial charge in [0.2, 0.25) is 16.0 Å². The third-order valence-electron chi connectivity index (χ3n) is 8.26. The van der Waals surface area contributed by atoms with Gasteiger partial charge in [-0.15, -0.1) is 0 Å². The quantitative estimate of drug-likeness (QED) is 0.132. The van der Waals surface area contributed by atoms with Crippen molar-refractivity contribution in [1.82, 2.24) is 25.0 Å². The first-order valence-electron chi connectivity index (χ1n) is 15.9. The molecule has 3 aromatic rings. The van der Waals surface area contributed by atoms with Gasteiger partial charge in [0.25, 0.3) is 0 Å². The second-order valence-corrected chi connectivity index (χ2v) is 13.7. The molecule has 1 unspecified atom stereocenters. The lowest BCUT2D eigenvalue weighted by Gasteiger charge is -2.26. The van der Waals surface area contributed by atoms with Gasteiger partial charge in [0, 0.05) is 42.7 Å². The van der Waals surface area contributed by atoms with E-state index in [-0.39, 0.29) is 12.3 Å². The van der Waals surface area contributed by atoms with Crippen LogP contribution in [0.15, 0.2) is 48.8 Å². The van der Waals surface area contributed by atoms with Crippen LogP contribution in [0, 0.1) is 11.8 Å². The highest BCUT2D eigenvalue weighted by Crippen LogP contribution is 2.25. The fourth-order valence-electron chi connectivity index (χ4n) is 5.22. The average Bonchev–Trinajstić information content (AvgIpc) is 3.01. The smallest absolute Gasteiger partial charge is 0.227 e. The van der Waals surface area contributed by atoms with Crippen LogP contribution in [0.4, 0.5) is 11.6 Å². The molecule has 3 atom stereocenters. The highest BCUT2D eigenvalue weighted by Gasteiger charge is 2.20. The van der Waals surface area contributed by atoms with Crippen LogP contribution in [-0.4, -0.2) is 41.5 Å². The molecule has 0 aliphatic rings. The summed E-state index contributed by atoms with van der Waals surface area (Å²) in [6, 6.07) is 12.1. The van der Waals surface area contributed by atoms with Crippen LogP contribution in [0.5, 0.6) is 0 Å². The Kier molecular flexibility index (Phi) is 13.9. The van der Waals surface area contributed by atoms with Gasteiger partial charge in [0.15, 0.2) is 5.78 Å². The Balaban J connectivity index is 1.55. The zero-order valence-corrected chi connectivity index (χ0v) is 28.0. The zero-order valence-electron chi connectivity index (χ0n) is 27.2. The Bertz CT molecular complexity index is 1450. The Morgan fingerprint density at radius 1 is 0.932 bits per heavy atom. The lowest BCUT2D eigenvalue weighted by molar-refractivity contribution is 0.0969. The Labute approximate surface area is 264 Å². The number of Topliss-reactive ketones (excluding diaryl/α,β-unsaturated/α-hetero) is 1. The van der Waals surface area contributed by atoms with Crippen LogP contribution in [0.1, 0.15) is 99.6 Å². The molecular weight excluding hydrogens is 572 g/mol. The third-order valence-corrected chi connectivity index (χ3v) is 8.93. The fraction of sp³-hybridized carbons (Fsp3) is 0.529. The molecule has 0 radical (unpaired) electrons. The number of hydrogen-bond acceptors (Lipinski definition) is 8. The fourth-order valence-corrected chi connectivity index (χ4v) is 5.63. The first-order chi connectivity index (χ1) is 21.0. The SMILES string of the molecule is CCC[C@@H](C[C@@H](C)C(C)CCC(=O)c1ccnc(CNS(C)(=O)=O)c1)NCc1nc(Nc2ccc(CC)cc2)ncc1CC. The topological polar surface area (TPSA) is 126 Å². The first kappa shape index (κ1) is 35.3. The molecule has 0 fully saturated rings. The minimum absolute atomic E-state index is 0.0527. The minimum Gasteiger partial charge on any atom is -0.324 e. The number of ketones is 1. The maximum absolute atomic E-state index is 12.9. The van der Waals surface area contributed by atoms with Crippen molar-refractivity contribution in [3.63, 3.8) is 0 Å². The van der Waals surface area contributed by atoms with Gasteiger partial charge in [-0.2, -0.15) is 0 Å². The van der Waals surface area contributed by atoms with Crippen molar-refractivity contribution in [3.8, 4) is 0 Å². The number of sulfonamides is 1. The van der Waals surface area contributed by atoms with E-state index in [4.69, 9.17) is 4.98 Å². The molecule has 0 spiro atoms. The largest absolute Gasteiger partial charge is 0.324 e. The monoisotopic (exact) mass is 622 g/mol. The van der Waals surface area contributed by atoms with Crippen molar-refractivity contribution >= 4 is 27.4 Å². The van der Waals surface area contributed by atoms with Gasteiger partial charge in [0.05, 0.1) is 24.2 Å². The van der Waals surface area contributed by atoms with Crippen LogP contribution in [0.25, 0.3) is 0 Å². The predicted octanol–water partition coefficient (Wildman–Crippen LogP) is 6.37. The van der Waals surface area contributed by atoms with E-state index < -0.39 is 10.0 Å². The molecule has 3 N–H and O–H groups in total. The molecule has 9 nitrogen and oxygen atoms in total. The van der Waals surface area contributed by atoms with Crippen LogP contribution < -0.4 is 15.4 Å². The summed E-state index contributed by atoms with van der Waals surface area (Å²) in [6.07, 6.45) is 10.9. The van der Waals surface area contributed by atoms with E-state index in [0.717, 1.165) is 61.7 Å². The number of anilines is 2. The predicted molar refractivity (Wildman–Crippen MR) is 178 cm³/mol. The van der Waals surface area contributed by atoms with Crippen LogP contribution in [0.3, 0.4) is 0 Å². The molecule has 240 valence electrons. The summed E-state index contributed by atoms with van der Waals surface area (Å²) in [5.74, 6) is 1.46. The normalized spacial score (nSPS) is 13.8. The van der Waals surface area contributed by atoms with Gasteiger partial charge in [-0.25, -0.2) is 23.1 Å². The lowest BCUT2D eigenvalue weighted by Crippen LogP contribution is -2.32.